The van der Waals surface area contributed by atoms with Gasteiger partial charge in [-0.15, -0.1) is 11.8 Å². The van der Waals surface area contributed by atoms with E-state index in [0.29, 0.717) is 5.92 Å². The molecule has 0 unspecified atom stereocenters. The Hall–Kier alpha value is -1.07. The highest BCUT2D eigenvalue weighted by atomic mass is 32.2. The number of hydrogen-bond donors (Lipinski definition) is 1. The molecule has 5 heteroatoms. The van der Waals surface area contributed by atoms with Gasteiger partial charge < -0.3 is 10.0 Å². The fraction of sp³-hybridized carbons (Fsp3) is 0.462. The molecule has 0 aromatic heterocycles. The first-order valence-corrected chi connectivity index (χ1v) is 6.94. The third-order valence-electron chi connectivity index (χ3n) is 2.99. The van der Waals surface area contributed by atoms with Gasteiger partial charge in [0.25, 0.3) is 0 Å². The molecule has 2 rings (SSSR count). The van der Waals surface area contributed by atoms with Crippen LogP contribution in [0.1, 0.15) is 6.42 Å². The van der Waals surface area contributed by atoms with Gasteiger partial charge in [0, 0.05) is 30.3 Å². The molecule has 1 saturated heterocycles. The first-order chi connectivity index (χ1) is 8.63. The van der Waals surface area contributed by atoms with E-state index in [9.17, 15) is 9.18 Å². The van der Waals surface area contributed by atoms with E-state index in [0.717, 1.165) is 30.3 Å². The van der Waals surface area contributed by atoms with Crippen LogP contribution in [0.3, 0.4) is 0 Å². The molecular weight excluding hydrogens is 253 g/mol. The third kappa shape index (κ3) is 3.99. The van der Waals surface area contributed by atoms with Crippen LogP contribution < -0.4 is 0 Å². The molecule has 1 aliphatic heterocycles. The molecule has 0 atom stereocenters. The summed E-state index contributed by atoms with van der Waals surface area (Å²) >= 11 is 1.70. The third-order valence-corrected chi connectivity index (χ3v) is 3.98. The van der Waals surface area contributed by atoms with Gasteiger partial charge in [0.15, 0.2) is 0 Å². The van der Waals surface area contributed by atoms with Crippen LogP contribution in [0.4, 0.5) is 4.39 Å². The summed E-state index contributed by atoms with van der Waals surface area (Å²) in [5.41, 5.74) is 0. The van der Waals surface area contributed by atoms with Crippen molar-refractivity contribution in [1.82, 2.24) is 4.90 Å². The van der Waals surface area contributed by atoms with Crippen LogP contribution in [0, 0.1) is 11.7 Å². The molecule has 3 nitrogen and oxygen atoms in total. The largest absolute Gasteiger partial charge is 0.481 e. The lowest BCUT2D eigenvalue weighted by atomic mass is 9.97. The Labute approximate surface area is 110 Å². The molecule has 0 aliphatic carbocycles. The Balaban J connectivity index is 1.60. The molecule has 0 spiro atoms. The van der Waals surface area contributed by atoms with E-state index in [-0.39, 0.29) is 12.2 Å². The summed E-state index contributed by atoms with van der Waals surface area (Å²) in [5, 5.41) is 8.63. The predicted molar refractivity (Wildman–Crippen MR) is 69.3 cm³/mol. The summed E-state index contributed by atoms with van der Waals surface area (Å²) in [6.07, 6.45) is 0.279. The molecule has 1 aromatic rings. The van der Waals surface area contributed by atoms with Crippen LogP contribution in [0.25, 0.3) is 0 Å². The molecule has 0 amide bonds. The molecule has 0 saturated carbocycles. The van der Waals surface area contributed by atoms with Gasteiger partial charge in [0.05, 0.1) is 6.42 Å². The van der Waals surface area contributed by atoms with Gasteiger partial charge in [-0.25, -0.2) is 4.39 Å². The molecule has 1 aromatic carbocycles. The fourth-order valence-corrected chi connectivity index (χ4v) is 2.97. The van der Waals surface area contributed by atoms with E-state index in [2.05, 4.69) is 4.90 Å². The van der Waals surface area contributed by atoms with Crippen molar-refractivity contribution in [3.05, 3.63) is 30.1 Å². The smallest absolute Gasteiger partial charge is 0.303 e. The quantitative estimate of drug-likeness (QED) is 0.805. The van der Waals surface area contributed by atoms with Gasteiger partial charge in [-0.3, -0.25) is 4.79 Å². The van der Waals surface area contributed by atoms with Crippen LogP contribution in [-0.4, -0.2) is 41.4 Å². The van der Waals surface area contributed by atoms with E-state index >= 15 is 0 Å². The summed E-state index contributed by atoms with van der Waals surface area (Å²) in [6, 6.07) is 6.50. The molecule has 1 N–H and O–H groups in total. The van der Waals surface area contributed by atoms with Crippen molar-refractivity contribution in [2.75, 3.05) is 25.4 Å². The number of nitrogens with zero attached hydrogens (tertiary/aromatic N) is 1. The first kappa shape index (κ1) is 13.4. The zero-order chi connectivity index (χ0) is 13.0. The van der Waals surface area contributed by atoms with E-state index in [1.54, 1.807) is 23.9 Å². The second-order valence-corrected chi connectivity index (χ2v) is 5.69. The number of carbonyl (C=O) groups is 1. The van der Waals surface area contributed by atoms with Crippen molar-refractivity contribution in [3.63, 3.8) is 0 Å². The summed E-state index contributed by atoms with van der Waals surface area (Å²) in [6.45, 7) is 2.73. The van der Waals surface area contributed by atoms with Crippen LogP contribution in [-0.2, 0) is 4.79 Å². The Morgan fingerprint density at radius 2 is 2.06 bits per heavy atom. The summed E-state index contributed by atoms with van der Waals surface area (Å²) in [4.78, 5) is 13.8. The number of benzene rings is 1. The number of carboxylic acids is 1. The Morgan fingerprint density at radius 3 is 2.67 bits per heavy atom. The van der Waals surface area contributed by atoms with Crippen LogP contribution >= 0.6 is 11.8 Å². The minimum Gasteiger partial charge on any atom is -0.481 e. The van der Waals surface area contributed by atoms with Crippen LogP contribution in [0.15, 0.2) is 29.2 Å². The number of rotatable bonds is 6. The topological polar surface area (TPSA) is 40.5 Å². The molecule has 1 aliphatic rings. The molecule has 1 heterocycles. The minimum absolute atomic E-state index is 0.210. The predicted octanol–water partition coefficient (Wildman–Crippen LogP) is 2.32. The lowest BCUT2D eigenvalue weighted by Gasteiger charge is -2.38. The number of carboxylic acid groups (broad SMARTS) is 1. The summed E-state index contributed by atoms with van der Waals surface area (Å²) < 4.78 is 12.7. The van der Waals surface area contributed by atoms with Crippen molar-refractivity contribution in [2.45, 2.75) is 11.3 Å². The highest BCUT2D eigenvalue weighted by Gasteiger charge is 2.27. The number of aliphatic carboxylic acids is 1. The molecular formula is C13H16FNO2S. The van der Waals surface area contributed by atoms with Gasteiger partial charge in [0.2, 0.25) is 0 Å². The van der Waals surface area contributed by atoms with Crippen molar-refractivity contribution in [3.8, 4) is 0 Å². The molecule has 1 fully saturated rings. The SMILES string of the molecule is O=C(O)CC1CN(CCSc2ccc(F)cc2)C1. The van der Waals surface area contributed by atoms with Gasteiger partial charge in [-0.1, -0.05) is 0 Å². The molecule has 98 valence electrons. The zero-order valence-corrected chi connectivity index (χ0v) is 10.8. The Morgan fingerprint density at radius 1 is 1.39 bits per heavy atom. The lowest BCUT2D eigenvalue weighted by Crippen LogP contribution is -2.48. The second-order valence-electron chi connectivity index (χ2n) is 4.53. The molecule has 18 heavy (non-hydrogen) atoms. The van der Waals surface area contributed by atoms with Crippen molar-refractivity contribution < 1.29 is 14.3 Å². The summed E-state index contributed by atoms with van der Waals surface area (Å²) in [5.74, 6) is 0.350. The highest BCUT2D eigenvalue weighted by Crippen LogP contribution is 2.22. The van der Waals surface area contributed by atoms with E-state index in [1.807, 2.05) is 0 Å². The van der Waals surface area contributed by atoms with Gasteiger partial charge >= 0.3 is 5.97 Å². The van der Waals surface area contributed by atoms with Crippen molar-refractivity contribution in [1.29, 1.82) is 0 Å². The van der Waals surface area contributed by atoms with E-state index in [1.165, 1.54) is 12.1 Å². The standard InChI is InChI=1S/C13H16FNO2S/c14-11-1-3-12(4-2-11)18-6-5-15-8-10(9-15)7-13(16)17/h1-4,10H,5-9H2,(H,16,17). The first-order valence-electron chi connectivity index (χ1n) is 5.96. The van der Waals surface area contributed by atoms with Crippen LogP contribution in [0.5, 0.6) is 0 Å². The number of hydrogen-bond acceptors (Lipinski definition) is 3. The Bertz CT molecular complexity index is 404. The number of halogens is 1. The maximum absolute atomic E-state index is 12.7. The van der Waals surface area contributed by atoms with Crippen molar-refractivity contribution in [2.24, 2.45) is 5.92 Å². The maximum Gasteiger partial charge on any atom is 0.303 e. The average molecular weight is 269 g/mol. The molecule has 0 bridgehead atoms. The highest BCUT2D eigenvalue weighted by molar-refractivity contribution is 7.99. The Kier molecular flexibility index (Phi) is 4.60. The average Bonchev–Trinajstić information content (AvgIpc) is 2.27. The monoisotopic (exact) mass is 269 g/mol. The van der Waals surface area contributed by atoms with E-state index in [4.69, 9.17) is 5.11 Å². The maximum atomic E-state index is 12.7. The normalized spacial score (nSPS) is 16.5. The number of thioether (sulfide) groups is 1. The summed E-state index contributed by atoms with van der Waals surface area (Å²) in [7, 11) is 0. The molecule has 0 radical (unpaired) electrons. The van der Waals surface area contributed by atoms with Gasteiger partial charge in [-0.2, -0.15) is 0 Å². The number of likely N-dealkylation sites (tertiary alicyclic amines) is 1. The zero-order valence-electron chi connectivity index (χ0n) is 10.0. The lowest BCUT2D eigenvalue weighted by molar-refractivity contribution is -0.139. The second kappa shape index (κ2) is 6.20. The fourth-order valence-electron chi connectivity index (χ4n) is 2.06. The van der Waals surface area contributed by atoms with E-state index < -0.39 is 5.97 Å². The minimum atomic E-state index is -0.708. The van der Waals surface area contributed by atoms with Gasteiger partial charge in [-0.05, 0) is 30.2 Å². The van der Waals surface area contributed by atoms with Crippen molar-refractivity contribution >= 4 is 17.7 Å². The van der Waals surface area contributed by atoms with Gasteiger partial charge in [0.1, 0.15) is 5.82 Å². The van der Waals surface area contributed by atoms with Crippen LogP contribution in [0.2, 0.25) is 0 Å².